The molecule has 0 radical (unpaired) electrons. The largest absolute Gasteiger partial charge is 0.481 e. The SMILES string of the molecule is C=CCOC(=O)NC(CC(=O)O)C(F)(F)F. The number of carboxylic acid groups (broad SMARTS) is 1. The highest BCUT2D eigenvalue weighted by molar-refractivity contribution is 5.71. The Morgan fingerprint density at radius 2 is 2.06 bits per heavy atom. The number of hydrogen-bond acceptors (Lipinski definition) is 3. The second kappa shape index (κ2) is 5.99. The molecule has 8 heteroatoms. The number of rotatable bonds is 5. The smallest absolute Gasteiger partial charge is 0.409 e. The number of carbonyl (C=O) groups excluding carboxylic acids is 1. The predicted octanol–water partition coefficient (Wildman–Crippen LogP) is 1.30. The first-order valence-electron chi connectivity index (χ1n) is 4.10. The Kier molecular flexibility index (Phi) is 5.34. The molecule has 0 aromatic rings. The summed E-state index contributed by atoms with van der Waals surface area (Å²) in [6, 6.07) is -2.47. The normalized spacial score (nSPS) is 12.7. The van der Waals surface area contributed by atoms with Gasteiger partial charge < -0.3 is 15.2 Å². The molecule has 0 aliphatic rings. The average molecular weight is 241 g/mol. The second-order valence-electron chi connectivity index (χ2n) is 2.72. The standard InChI is InChI=1S/C8H10F3NO4/c1-2-3-16-7(15)12-5(4-6(13)14)8(9,10)11/h2,5H,1,3-4H2,(H,12,15)(H,13,14). The minimum Gasteiger partial charge on any atom is -0.481 e. The van der Waals surface area contributed by atoms with Crippen LogP contribution in [0.3, 0.4) is 0 Å². The van der Waals surface area contributed by atoms with E-state index >= 15 is 0 Å². The summed E-state index contributed by atoms with van der Waals surface area (Å²) >= 11 is 0. The summed E-state index contributed by atoms with van der Waals surface area (Å²) in [7, 11) is 0. The quantitative estimate of drug-likeness (QED) is 0.711. The van der Waals surface area contributed by atoms with E-state index in [2.05, 4.69) is 11.3 Å². The number of alkyl carbamates (subject to hydrolysis) is 1. The van der Waals surface area contributed by atoms with Crippen LogP contribution in [0.4, 0.5) is 18.0 Å². The Labute approximate surface area is 88.9 Å². The molecular formula is C8H10F3NO4. The summed E-state index contributed by atoms with van der Waals surface area (Å²) in [6.07, 6.45) is -6.28. The van der Waals surface area contributed by atoms with Crippen LogP contribution >= 0.6 is 0 Å². The fourth-order valence-corrected chi connectivity index (χ4v) is 0.742. The van der Waals surface area contributed by atoms with E-state index in [1.807, 2.05) is 0 Å². The second-order valence-corrected chi connectivity index (χ2v) is 2.72. The molecule has 0 spiro atoms. The topological polar surface area (TPSA) is 75.6 Å². The number of ether oxygens (including phenoxy) is 1. The van der Waals surface area contributed by atoms with Gasteiger partial charge in [0.15, 0.2) is 0 Å². The van der Waals surface area contributed by atoms with E-state index in [9.17, 15) is 22.8 Å². The fourth-order valence-electron chi connectivity index (χ4n) is 0.742. The number of alkyl halides is 3. The van der Waals surface area contributed by atoms with Crippen LogP contribution in [0, 0.1) is 0 Å². The van der Waals surface area contributed by atoms with Crippen LogP contribution in [0.15, 0.2) is 12.7 Å². The number of carbonyl (C=O) groups is 2. The summed E-state index contributed by atoms with van der Waals surface area (Å²) in [6.45, 7) is 2.93. The van der Waals surface area contributed by atoms with Crippen molar-refractivity contribution in [2.45, 2.75) is 18.6 Å². The lowest BCUT2D eigenvalue weighted by molar-refractivity contribution is -0.165. The first-order chi connectivity index (χ1) is 7.27. The van der Waals surface area contributed by atoms with E-state index in [4.69, 9.17) is 5.11 Å². The van der Waals surface area contributed by atoms with Gasteiger partial charge in [-0.3, -0.25) is 4.79 Å². The third-order valence-corrected chi connectivity index (χ3v) is 1.40. The van der Waals surface area contributed by atoms with Gasteiger partial charge in [-0.25, -0.2) is 4.79 Å². The maximum Gasteiger partial charge on any atom is 0.409 e. The summed E-state index contributed by atoms with van der Waals surface area (Å²) in [5.74, 6) is -1.67. The molecule has 1 atom stereocenters. The molecule has 0 bridgehead atoms. The van der Waals surface area contributed by atoms with E-state index in [0.717, 1.165) is 0 Å². The van der Waals surface area contributed by atoms with Gasteiger partial charge in [-0.1, -0.05) is 12.7 Å². The molecule has 0 aromatic heterocycles. The number of hydrogen-bond donors (Lipinski definition) is 2. The first-order valence-corrected chi connectivity index (χ1v) is 4.10. The lowest BCUT2D eigenvalue weighted by Crippen LogP contribution is -2.46. The molecule has 92 valence electrons. The van der Waals surface area contributed by atoms with Crippen molar-refractivity contribution in [1.82, 2.24) is 5.32 Å². The van der Waals surface area contributed by atoms with Gasteiger partial charge >= 0.3 is 18.2 Å². The minimum atomic E-state index is -4.84. The number of halogens is 3. The Morgan fingerprint density at radius 3 is 2.44 bits per heavy atom. The third kappa shape index (κ3) is 5.89. The van der Waals surface area contributed by atoms with Gasteiger partial charge in [0.1, 0.15) is 12.6 Å². The van der Waals surface area contributed by atoms with Crippen molar-refractivity contribution >= 4 is 12.1 Å². The molecular weight excluding hydrogens is 231 g/mol. The predicted molar refractivity (Wildman–Crippen MR) is 46.8 cm³/mol. The summed E-state index contributed by atoms with van der Waals surface area (Å²) < 4.78 is 40.9. The molecule has 16 heavy (non-hydrogen) atoms. The molecule has 0 heterocycles. The monoisotopic (exact) mass is 241 g/mol. The highest BCUT2D eigenvalue weighted by Crippen LogP contribution is 2.22. The van der Waals surface area contributed by atoms with Crippen molar-refractivity contribution in [3.8, 4) is 0 Å². The van der Waals surface area contributed by atoms with Crippen LogP contribution in [-0.2, 0) is 9.53 Å². The van der Waals surface area contributed by atoms with Gasteiger partial charge in [0.05, 0.1) is 6.42 Å². The third-order valence-electron chi connectivity index (χ3n) is 1.40. The maximum absolute atomic E-state index is 12.2. The molecule has 0 rings (SSSR count). The van der Waals surface area contributed by atoms with Crippen molar-refractivity contribution < 1.29 is 32.6 Å². The Morgan fingerprint density at radius 1 is 1.50 bits per heavy atom. The lowest BCUT2D eigenvalue weighted by Gasteiger charge is -2.19. The molecule has 0 saturated carbocycles. The van der Waals surface area contributed by atoms with E-state index in [1.54, 1.807) is 0 Å². The molecule has 0 saturated heterocycles. The summed E-state index contributed by atoms with van der Waals surface area (Å²) in [4.78, 5) is 20.9. The summed E-state index contributed by atoms with van der Waals surface area (Å²) in [5, 5.41) is 9.64. The minimum absolute atomic E-state index is 0.260. The number of carboxylic acids is 1. The molecule has 1 amide bonds. The number of amides is 1. The van der Waals surface area contributed by atoms with Gasteiger partial charge in [-0.05, 0) is 0 Å². The summed E-state index contributed by atoms with van der Waals surface area (Å²) in [5.41, 5.74) is 0. The van der Waals surface area contributed by atoms with Crippen molar-refractivity contribution in [2.75, 3.05) is 6.61 Å². The Bertz CT molecular complexity index is 277. The Balaban J connectivity index is 4.37. The van der Waals surface area contributed by atoms with Crippen LogP contribution in [0.1, 0.15) is 6.42 Å². The van der Waals surface area contributed by atoms with E-state index in [-0.39, 0.29) is 6.61 Å². The van der Waals surface area contributed by atoms with Crippen LogP contribution < -0.4 is 5.32 Å². The molecule has 0 aliphatic carbocycles. The van der Waals surface area contributed by atoms with Crippen molar-refractivity contribution in [3.05, 3.63) is 12.7 Å². The molecule has 5 nitrogen and oxygen atoms in total. The average Bonchev–Trinajstić information content (AvgIpc) is 2.11. The number of aliphatic carboxylic acids is 1. The van der Waals surface area contributed by atoms with Crippen molar-refractivity contribution in [1.29, 1.82) is 0 Å². The van der Waals surface area contributed by atoms with Gasteiger partial charge in [0.25, 0.3) is 0 Å². The van der Waals surface area contributed by atoms with Crippen LogP contribution in [0.5, 0.6) is 0 Å². The van der Waals surface area contributed by atoms with Gasteiger partial charge in [0.2, 0.25) is 0 Å². The van der Waals surface area contributed by atoms with Gasteiger partial charge in [-0.15, -0.1) is 0 Å². The fraction of sp³-hybridized carbons (Fsp3) is 0.500. The zero-order valence-electron chi connectivity index (χ0n) is 8.08. The van der Waals surface area contributed by atoms with Gasteiger partial charge in [-0.2, -0.15) is 13.2 Å². The molecule has 0 aromatic carbocycles. The highest BCUT2D eigenvalue weighted by atomic mass is 19.4. The molecule has 2 N–H and O–H groups in total. The van der Waals surface area contributed by atoms with Crippen molar-refractivity contribution in [2.24, 2.45) is 0 Å². The number of nitrogens with one attached hydrogen (secondary N) is 1. The van der Waals surface area contributed by atoms with Crippen LogP contribution in [-0.4, -0.2) is 36.0 Å². The zero-order chi connectivity index (χ0) is 12.8. The van der Waals surface area contributed by atoms with Crippen molar-refractivity contribution in [3.63, 3.8) is 0 Å². The van der Waals surface area contributed by atoms with E-state index in [1.165, 1.54) is 11.4 Å². The molecule has 1 unspecified atom stereocenters. The highest BCUT2D eigenvalue weighted by Gasteiger charge is 2.42. The van der Waals surface area contributed by atoms with E-state index in [0.29, 0.717) is 0 Å². The molecule has 0 aliphatic heterocycles. The molecule has 0 fully saturated rings. The first kappa shape index (κ1) is 14.3. The van der Waals surface area contributed by atoms with Gasteiger partial charge in [0, 0.05) is 0 Å². The maximum atomic E-state index is 12.2. The van der Waals surface area contributed by atoms with Crippen LogP contribution in [0.25, 0.3) is 0 Å². The zero-order valence-corrected chi connectivity index (χ0v) is 8.08. The lowest BCUT2D eigenvalue weighted by atomic mass is 10.2. The Hall–Kier alpha value is -1.73. The van der Waals surface area contributed by atoms with Crippen LogP contribution in [0.2, 0.25) is 0 Å². The van der Waals surface area contributed by atoms with E-state index < -0.39 is 30.7 Å².